The van der Waals surface area contributed by atoms with Crippen LogP contribution in [0.1, 0.15) is 25.0 Å². The summed E-state index contributed by atoms with van der Waals surface area (Å²) in [6.45, 7) is 11.1. The van der Waals surface area contributed by atoms with Crippen molar-refractivity contribution < 1.29 is 4.79 Å². The Morgan fingerprint density at radius 2 is 1.86 bits per heavy atom. The summed E-state index contributed by atoms with van der Waals surface area (Å²) in [4.78, 5) is 12.2. The van der Waals surface area contributed by atoms with E-state index in [1.807, 2.05) is 43.3 Å². The minimum Gasteiger partial charge on any atom is -0.323 e. The summed E-state index contributed by atoms with van der Waals surface area (Å²) in [6.07, 6.45) is 10.7. The van der Waals surface area contributed by atoms with Crippen molar-refractivity contribution in [2.24, 2.45) is 0 Å². The van der Waals surface area contributed by atoms with Gasteiger partial charge in [-0.25, -0.2) is 0 Å². The average molecular weight is 279 g/mol. The predicted octanol–water partition coefficient (Wildman–Crippen LogP) is 4.50. The minimum absolute atomic E-state index is 0.129. The molecular formula is C19H21NO. The summed E-state index contributed by atoms with van der Waals surface area (Å²) >= 11 is 0. The van der Waals surface area contributed by atoms with Crippen LogP contribution < -0.4 is 5.32 Å². The second-order valence-corrected chi connectivity index (χ2v) is 4.45. The van der Waals surface area contributed by atoms with Crippen LogP contribution in [0.4, 0.5) is 0 Å². The summed E-state index contributed by atoms with van der Waals surface area (Å²) < 4.78 is 0. The molecule has 1 N–H and O–H groups in total. The van der Waals surface area contributed by atoms with Crippen molar-refractivity contribution in [3.63, 3.8) is 0 Å². The van der Waals surface area contributed by atoms with Crippen molar-refractivity contribution in [2.75, 3.05) is 0 Å². The number of amides is 1. The summed E-state index contributed by atoms with van der Waals surface area (Å²) in [7, 11) is 0. The van der Waals surface area contributed by atoms with Crippen molar-refractivity contribution >= 4 is 18.1 Å². The first-order valence-electron chi connectivity index (χ1n) is 6.79. The monoisotopic (exact) mass is 279 g/mol. The quantitative estimate of drug-likeness (QED) is 0.603. The molecule has 1 amide bonds. The van der Waals surface area contributed by atoms with Gasteiger partial charge in [0.2, 0.25) is 0 Å². The van der Waals surface area contributed by atoms with E-state index in [4.69, 9.17) is 0 Å². The Morgan fingerprint density at radius 1 is 1.19 bits per heavy atom. The zero-order valence-corrected chi connectivity index (χ0v) is 12.6. The van der Waals surface area contributed by atoms with Crippen LogP contribution in [0.5, 0.6) is 0 Å². The molecule has 0 aliphatic carbocycles. The molecule has 0 fully saturated rings. The van der Waals surface area contributed by atoms with E-state index in [2.05, 4.69) is 18.5 Å². The number of nitrogens with one attached hydrogen (secondary N) is 1. The zero-order valence-electron chi connectivity index (χ0n) is 12.6. The highest BCUT2D eigenvalue weighted by molar-refractivity contribution is 5.98. The van der Waals surface area contributed by atoms with Gasteiger partial charge in [0.15, 0.2) is 0 Å². The topological polar surface area (TPSA) is 29.1 Å². The molecule has 0 heterocycles. The van der Waals surface area contributed by atoms with Crippen LogP contribution in [0.3, 0.4) is 0 Å². The lowest BCUT2D eigenvalue weighted by atomic mass is 10.0. The van der Waals surface area contributed by atoms with Crippen LogP contribution in [0.15, 0.2) is 73.0 Å². The maximum atomic E-state index is 12.2. The van der Waals surface area contributed by atoms with Gasteiger partial charge in [0.25, 0.3) is 5.91 Å². The molecule has 0 radical (unpaired) electrons. The Morgan fingerprint density at radius 3 is 2.43 bits per heavy atom. The molecule has 2 heteroatoms. The highest BCUT2D eigenvalue weighted by Crippen LogP contribution is 2.14. The van der Waals surface area contributed by atoms with Crippen LogP contribution in [0, 0.1) is 0 Å². The number of benzene rings is 1. The molecular weight excluding hydrogens is 258 g/mol. The zero-order chi connectivity index (χ0) is 15.7. The van der Waals surface area contributed by atoms with Crippen LogP contribution in [-0.2, 0) is 4.79 Å². The van der Waals surface area contributed by atoms with E-state index in [9.17, 15) is 4.79 Å². The van der Waals surface area contributed by atoms with Gasteiger partial charge in [-0.2, -0.15) is 0 Å². The molecule has 1 aromatic carbocycles. The number of allylic oxidation sites excluding steroid dienone is 4. The standard InChI is InChI=1S/C19H21NO/c1-5-8-13-18(7-3)20-19(21)15(4)14-17-12-10-9-11-16(17)6-2/h5-14H,1-2H2,3-4H3,(H,20,21)/b13-8-,15-14+,18-7+. The van der Waals surface area contributed by atoms with Gasteiger partial charge in [-0.15, -0.1) is 0 Å². The van der Waals surface area contributed by atoms with E-state index in [0.29, 0.717) is 5.57 Å². The minimum atomic E-state index is -0.129. The summed E-state index contributed by atoms with van der Waals surface area (Å²) in [5, 5.41) is 2.85. The first-order valence-corrected chi connectivity index (χ1v) is 6.79. The van der Waals surface area contributed by atoms with E-state index in [1.165, 1.54) is 0 Å². The second-order valence-electron chi connectivity index (χ2n) is 4.45. The van der Waals surface area contributed by atoms with Gasteiger partial charge in [-0.05, 0) is 37.1 Å². The van der Waals surface area contributed by atoms with Gasteiger partial charge in [0, 0.05) is 11.3 Å². The van der Waals surface area contributed by atoms with Gasteiger partial charge in [-0.3, -0.25) is 4.79 Å². The molecule has 0 atom stereocenters. The average Bonchev–Trinajstić information content (AvgIpc) is 2.51. The van der Waals surface area contributed by atoms with Gasteiger partial charge in [0.1, 0.15) is 0 Å². The Labute approximate surface area is 126 Å². The Kier molecular flexibility index (Phi) is 6.69. The molecule has 2 nitrogen and oxygen atoms in total. The van der Waals surface area contributed by atoms with E-state index in [-0.39, 0.29) is 5.91 Å². The lowest BCUT2D eigenvalue weighted by Crippen LogP contribution is -2.22. The maximum Gasteiger partial charge on any atom is 0.251 e. The molecule has 0 unspecified atom stereocenters. The largest absolute Gasteiger partial charge is 0.323 e. The summed E-state index contributed by atoms with van der Waals surface area (Å²) in [5.74, 6) is -0.129. The third kappa shape index (κ3) is 5.11. The molecule has 1 rings (SSSR count). The number of rotatable bonds is 6. The Balaban J connectivity index is 2.91. The third-order valence-electron chi connectivity index (χ3n) is 2.93. The molecule has 21 heavy (non-hydrogen) atoms. The number of hydrogen-bond donors (Lipinski definition) is 1. The van der Waals surface area contributed by atoms with Crippen molar-refractivity contribution in [3.8, 4) is 0 Å². The van der Waals surface area contributed by atoms with E-state index >= 15 is 0 Å². The van der Waals surface area contributed by atoms with Crippen LogP contribution in [0.25, 0.3) is 12.2 Å². The SMILES string of the molecule is C=C/C=C\C(=C/C)NC(=O)/C(C)=C/c1ccccc1C=C. The smallest absolute Gasteiger partial charge is 0.251 e. The van der Waals surface area contributed by atoms with Gasteiger partial charge >= 0.3 is 0 Å². The molecule has 0 aromatic heterocycles. The lowest BCUT2D eigenvalue weighted by molar-refractivity contribution is -0.116. The predicted molar refractivity (Wildman–Crippen MR) is 91.4 cm³/mol. The fraction of sp³-hybridized carbons (Fsp3) is 0.105. The van der Waals surface area contributed by atoms with Crippen molar-refractivity contribution in [1.82, 2.24) is 5.32 Å². The Hall–Kier alpha value is -2.61. The number of carbonyl (C=O) groups is 1. The first kappa shape index (κ1) is 16.4. The van der Waals surface area contributed by atoms with Gasteiger partial charge in [-0.1, -0.05) is 61.7 Å². The molecule has 108 valence electrons. The number of carbonyl (C=O) groups excluding carboxylic acids is 1. The van der Waals surface area contributed by atoms with Crippen LogP contribution in [0.2, 0.25) is 0 Å². The molecule has 0 bridgehead atoms. The highest BCUT2D eigenvalue weighted by Gasteiger charge is 2.05. The highest BCUT2D eigenvalue weighted by atomic mass is 16.1. The fourth-order valence-electron chi connectivity index (χ4n) is 1.74. The fourth-order valence-corrected chi connectivity index (χ4v) is 1.74. The number of hydrogen-bond acceptors (Lipinski definition) is 1. The summed E-state index contributed by atoms with van der Waals surface area (Å²) in [5.41, 5.74) is 3.35. The first-order chi connectivity index (χ1) is 10.1. The molecule has 0 spiro atoms. The van der Waals surface area contributed by atoms with Gasteiger partial charge in [0.05, 0.1) is 0 Å². The molecule has 1 aromatic rings. The van der Waals surface area contributed by atoms with Crippen LogP contribution >= 0.6 is 0 Å². The van der Waals surface area contributed by atoms with Crippen molar-refractivity contribution in [3.05, 3.63) is 84.1 Å². The molecule has 0 aliphatic rings. The third-order valence-corrected chi connectivity index (χ3v) is 2.93. The maximum absolute atomic E-state index is 12.2. The van der Waals surface area contributed by atoms with Crippen molar-refractivity contribution in [1.29, 1.82) is 0 Å². The second kappa shape index (κ2) is 8.54. The van der Waals surface area contributed by atoms with Gasteiger partial charge < -0.3 is 5.32 Å². The lowest BCUT2D eigenvalue weighted by Gasteiger charge is -2.07. The molecule has 0 aliphatic heterocycles. The molecule has 0 saturated carbocycles. The Bertz CT molecular complexity index is 618. The van der Waals surface area contributed by atoms with Crippen molar-refractivity contribution in [2.45, 2.75) is 13.8 Å². The van der Waals surface area contributed by atoms with E-state index < -0.39 is 0 Å². The molecule has 0 saturated heterocycles. The van der Waals surface area contributed by atoms with E-state index in [1.54, 1.807) is 31.2 Å². The summed E-state index contributed by atoms with van der Waals surface area (Å²) in [6, 6.07) is 7.81. The van der Waals surface area contributed by atoms with E-state index in [0.717, 1.165) is 16.8 Å². The normalized spacial score (nSPS) is 12.3. The van der Waals surface area contributed by atoms with Crippen LogP contribution in [-0.4, -0.2) is 5.91 Å².